The van der Waals surface area contributed by atoms with Crippen LogP contribution in [0.1, 0.15) is 29.7 Å². The first-order valence-electron chi connectivity index (χ1n) is 7.24. The molecule has 0 spiro atoms. The molecule has 108 valence electrons. The summed E-state index contributed by atoms with van der Waals surface area (Å²) in [6, 6.07) is 12.9. The Hall–Kier alpha value is -2.25. The van der Waals surface area contributed by atoms with Crippen LogP contribution in [0.2, 0.25) is 0 Å². The summed E-state index contributed by atoms with van der Waals surface area (Å²) in [5.74, 6) is 0.629. The Balaban J connectivity index is 1.74. The van der Waals surface area contributed by atoms with Gasteiger partial charge in [-0.15, -0.1) is 0 Å². The summed E-state index contributed by atoms with van der Waals surface area (Å²) in [4.78, 5) is 0. The summed E-state index contributed by atoms with van der Waals surface area (Å²) in [6.45, 7) is 1.67. The van der Waals surface area contributed by atoms with E-state index < -0.39 is 0 Å². The predicted molar refractivity (Wildman–Crippen MR) is 81.1 cm³/mol. The molecule has 1 aromatic carbocycles. The molecule has 1 aromatic heterocycles. The Morgan fingerprint density at radius 2 is 2.24 bits per heavy atom. The van der Waals surface area contributed by atoms with Gasteiger partial charge in [0.2, 0.25) is 0 Å². The van der Waals surface area contributed by atoms with E-state index in [0.717, 1.165) is 18.7 Å². The van der Waals surface area contributed by atoms with Gasteiger partial charge in [0.1, 0.15) is 11.8 Å². The van der Waals surface area contributed by atoms with Crippen LogP contribution in [0.25, 0.3) is 0 Å². The SMILES string of the molecule is COc1ccc(Cn2cccc2CNC2CC2)cc1C#N. The molecule has 2 aromatic rings. The second kappa shape index (κ2) is 6.02. The van der Waals surface area contributed by atoms with E-state index in [-0.39, 0.29) is 0 Å². The summed E-state index contributed by atoms with van der Waals surface area (Å²) >= 11 is 0. The molecule has 0 saturated heterocycles. The van der Waals surface area contributed by atoms with Gasteiger partial charge in [-0.3, -0.25) is 0 Å². The second-order valence-corrected chi connectivity index (χ2v) is 5.43. The molecule has 1 aliphatic carbocycles. The zero-order valence-electron chi connectivity index (χ0n) is 12.2. The van der Waals surface area contributed by atoms with Gasteiger partial charge in [0.25, 0.3) is 0 Å². The Bertz CT molecular complexity index is 665. The molecule has 21 heavy (non-hydrogen) atoms. The summed E-state index contributed by atoms with van der Waals surface area (Å²) in [7, 11) is 1.59. The Kier molecular flexibility index (Phi) is 3.94. The molecule has 1 heterocycles. The zero-order chi connectivity index (χ0) is 14.7. The van der Waals surface area contributed by atoms with Gasteiger partial charge in [0.05, 0.1) is 12.7 Å². The number of nitrogens with zero attached hydrogens (tertiary/aromatic N) is 2. The van der Waals surface area contributed by atoms with Crippen molar-refractivity contribution in [1.82, 2.24) is 9.88 Å². The van der Waals surface area contributed by atoms with Crippen LogP contribution in [0.15, 0.2) is 36.5 Å². The molecule has 3 rings (SSSR count). The highest BCUT2D eigenvalue weighted by Gasteiger charge is 2.20. The molecule has 0 unspecified atom stereocenters. The van der Waals surface area contributed by atoms with Crippen LogP contribution in [0.4, 0.5) is 0 Å². The van der Waals surface area contributed by atoms with Gasteiger partial charge >= 0.3 is 0 Å². The molecule has 1 aliphatic rings. The standard InChI is InChI=1S/C17H19N3O/c1-21-17-7-4-13(9-14(17)10-18)12-20-8-2-3-16(20)11-19-15-5-6-15/h2-4,7-9,15,19H,5-6,11-12H2,1H3. The van der Waals surface area contributed by atoms with E-state index >= 15 is 0 Å². The number of nitriles is 1. The lowest BCUT2D eigenvalue weighted by Crippen LogP contribution is -2.18. The summed E-state index contributed by atoms with van der Waals surface area (Å²) < 4.78 is 7.40. The first-order valence-corrected chi connectivity index (χ1v) is 7.24. The lowest BCUT2D eigenvalue weighted by Gasteiger charge is -2.11. The van der Waals surface area contributed by atoms with Crippen molar-refractivity contribution in [3.8, 4) is 11.8 Å². The maximum atomic E-state index is 9.16. The van der Waals surface area contributed by atoms with Gasteiger partial charge < -0.3 is 14.6 Å². The summed E-state index contributed by atoms with van der Waals surface area (Å²) in [5.41, 5.74) is 2.97. The Morgan fingerprint density at radius 3 is 2.95 bits per heavy atom. The number of hydrogen-bond acceptors (Lipinski definition) is 3. The smallest absolute Gasteiger partial charge is 0.136 e. The normalized spacial score (nSPS) is 13.9. The van der Waals surface area contributed by atoms with E-state index in [9.17, 15) is 0 Å². The van der Waals surface area contributed by atoms with Crippen LogP contribution < -0.4 is 10.1 Å². The Labute approximate surface area is 125 Å². The zero-order valence-corrected chi connectivity index (χ0v) is 12.2. The summed E-state index contributed by atoms with van der Waals surface area (Å²) in [6.07, 6.45) is 4.68. The molecule has 4 nitrogen and oxygen atoms in total. The maximum Gasteiger partial charge on any atom is 0.136 e. The number of rotatable bonds is 6. The van der Waals surface area contributed by atoms with Crippen molar-refractivity contribution >= 4 is 0 Å². The van der Waals surface area contributed by atoms with Crippen LogP contribution in [0.3, 0.4) is 0 Å². The highest BCUT2D eigenvalue weighted by atomic mass is 16.5. The van der Waals surface area contributed by atoms with Gasteiger partial charge in [0, 0.05) is 31.0 Å². The molecule has 1 N–H and O–H groups in total. The minimum absolute atomic E-state index is 0.583. The van der Waals surface area contributed by atoms with Crippen LogP contribution in [0.5, 0.6) is 5.75 Å². The van der Waals surface area contributed by atoms with Gasteiger partial charge in [-0.05, 0) is 42.7 Å². The van der Waals surface area contributed by atoms with Crippen molar-refractivity contribution in [2.45, 2.75) is 32.0 Å². The average Bonchev–Trinajstić information content (AvgIpc) is 3.25. The fourth-order valence-corrected chi connectivity index (χ4v) is 2.44. The number of aromatic nitrogens is 1. The van der Waals surface area contributed by atoms with E-state index in [4.69, 9.17) is 10.00 Å². The molecule has 1 saturated carbocycles. The van der Waals surface area contributed by atoms with Crippen molar-refractivity contribution in [3.63, 3.8) is 0 Å². The lowest BCUT2D eigenvalue weighted by molar-refractivity contribution is 0.413. The monoisotopic (exact) mass is 281 g/mol. The topological polar surface area (TPSA) is 50.0 Å². The molecular formula is C17H19N3O. The van der Waals surface area contributed by atoms with Crippen molar-refractivity contribution in [2.75, 3.05) is 7.11 Å². The van der Waals surface area contributed by atoms with Crippen molar-refractivity contribution in [2.24, 2.45) is 0 Å². The third-order valence-corrected chi connectivity index (χ3v) is 3.81. The first-order chi connectivity index (χ1) is 10.3. The Morgan fingerprint density at radius 1 is 1.38 bits per heavy atom. The van der Waals surface area contributed by atoms with Crippen molar-refractivity contribution < 1.29 is 4.74 Å². The predicted octanol–water partition coefficient (Wildman–Crippen LogP) is 2.67. The van der Waals surface area contributed by atoms with Gasteiger partial charge in [0.15, 0.2) is 0 Å². The summed E-state index contributed by atoms with van der Waals surface area (Å²) in [5, 5.41) is 12.7. The van der Waals surface area contributed by atoms with Crippen LogP contribution in [-0.2, 0) is 13.1 Å². The van der Waals surface area contributed by atoms with Gasteiger partial charge in [-0.2, -0.15) is 5.26 Å². The molecular weight excluding hydrogens is 262 g/mol. The third-order valence-electron chi connectivity index (χ3n) is 3.81. The van der Waals surface area contributed by atoms with Crippen LogP contribution in [-0.4, -0.2) is 17.7 Å². The van der Waals surface area contributed by atoms with E-state index in [2.05, 4.69) is 34.3 Å². The molecule has 4 heteroatoms. The van der Waals surface area contributed by atoms with E-state index in [0.29, 0.717) is 17.4 Å². The number of benzene rings is 1. The van der Waals surface area contributed by atoms with Gasteiger partial charge in [-0.25, -0.2) is 0 Å². The number of methoxy groups -OCH3 is 1. The van der Waals surface area contributed by atoms with Crippen LogP contribution >= 0.6 is 0 Å². The van der Waals surface area contributed by atoms with E-state index in [1.807, 2.05) is 18.2 Å². The minimum atomic E-state index is 0.583. The van der Waals surface area contributed by atoms with Crippen LogP contribution in [0, 0.1) is 11.3 Å². The number of nitrogens with one attached hydrogen (secondary N) is 1. The highest BCUT2D eigenvalue weighted by molar-refractivity contribution is 5.45. The van der Waals surface area contributed by atoms with E-state index in [1.165, 1.54) is 18.5 Å². The largest absolute Gasteiger partial charge is 0.495 e. The van der Waals surface area contributed by atoms with Crippen molar-refractivity contribution in [3.05, 3.63) is 53.3 Å². The molecule has 1 fully saturated rings. The molecule has 0 amide bonds. The van der Waals surface area contributed by atoms with Gasteiger partial charge in [-0.1, -0.05) is 6.07 Å². The van der Waals surface area contributed by atoms with E-state index in [1.54, 1.807) is 7.11 Å². The average molecular weight is 281 g/mol. The number of hydrogen-bond donors (Lipinski definition) is 1. The molecule has 0 bridgehead atoms. The fourth-order valence-electron chi connectivity index (χ4n) is 2.44. The maximum absolute atomic E-state index is 9.16. The second-order valence-electron chi connectivity index (χ2n) is 5.43. The molecule has 0 aliphatic heterocycles. The molecule has 0 radical (unpaired) electrons. The quantitative estimate of drug-likeness (QED) is 0.885. The lowest BCUT2D eigenvalue weighted by atomic mass is 10.1. The minimum Gasteiger partial charge on any atom is -0.495 e. The van der Waals surface area contributed by atoms with Crippen molar-refractivity contribution in [1.29, 1.82) is 5.26 Å². The fraction of sp³-hybridized carbons (Fsp3) is 0.353. The first kappa shape index (κ1) is 13.7. The highest BCUT2D eigenvalue weighted by Crippen LogP contribution is 2.21. The number of ether oxygens (including phenoxy) is 1. The molecule has 0 atom stereocenters. The third kappa shape index (κ3) is 3.26.